The third-order valence-electron chi connectivity index (χ3n) is 5.65. The molecule has 6 nitrogen and oxygen atoms in total. The van der Waals surface area contributed by atoms with E-state index in [1.54, 1.807) is 10.7 Å². The predicted octanol–water partition coefficient (Wildman–Crippen LogP) is 4.04. The van der Waals surface area contributed by atoms with Crippen molar-refractivity contribution in [3.63, 3.8) is 0 Å². The molecule has 1 aliphatic carbocycles. The topological polar surface area (TPSA) is 93.5 Å². The highest BCUT2D eigenvalue weighted by Gasteiger charge is 2.24. The van der Waals surface area contributed by atoms with E-state index in [0.717, 1.165) is 48.2 Å². The van der Waals surface area contributed by atoms with E-state index < -0.39 is 5.97 Å². The molecule has 3 N–H and O–H groups in total. The lowest BCUT2D eigenvalue weighted by Gasteiger charge is -2.28. The molecule has 4 rings (SSSR count). The van der Waals surface area contributed by atoms with Crippen LogP contribution < -0.4 is 5.73 Å². The van der Waals surface area contributed by atoms with Crippen molar-refractivity contribution in [1.29, 1.82) is 0 Å². The Morgan fingerprint density at radius 1 is 1.22 bits per heavy atom. The number of carboxylic acids is 1. The molecule has 2 heterocycles. The molecule has 1 fully saturated rings. The number of carboxylic acid groups (broad SMARTS) is 1. The summed E-state index contributed by atoms with van der Waals surface area (Å²) in [7, 11) is 0. The SMILES string of the molecule is Cc1cc2ncc(-c3ccc(C4CCC(CC(=O)O)CC4)cc3)c(N)n2n1. The zero-order valence-corrected chi connectivity index (χ0v) is 15.4. The van der Waals surface area contributed by atoms with Gasteiger partial charge >= 0.3 is 5.97 Å². The highest BCUT2D eigenvalue weighted by atomic mass is 16.4. The Morgan fingerprint density at radius 3 is 2.59 bits per heavy atom. The first kappa shape index (κ1) is 17.5. The summed E-state index contributed by atoms with van der Waals surface area (Å²) in [6.07, 6.45) is 6.19. The van der Waals surface area contributed by atoms with Crippen LogP contribution in [0.15, 0.2) is 36.5 Å². The van der Waals surface area contributed by atoms with Crippen molar-refractivity contribution in [3.8, 4) is 11.1 Å². The highest BCUT2D eigenvalue weighted by molar-refractivity contribution is 5.75. The van der Waals surface area contributed by atoms with Gasteiger partial charge in [-0.1, -0.05) is 24.3 Å². The Morgan fingerprint density at radius 2 is 1.93 bits per heavy atom. The Hall–Kier alpha value is -2.89. The van der Waals surface area contributed by atoms with Gasteiger partial charge in [-0.3, -0.25) is 4.79 Å². The molecule has 0 atom stereocenters. The minimum absolute atomic E-state index is 0.299. The minimum atomic E-state index is -0.682. The lowest BCUT2D eigenvalue weighted by atomic mass is 9.77. The number of aliphatic carboxylic acids is 1. The molecule has 27 heavy (non-hydrogen) atoms. The van der Waals surface area contributed by atoms with E-state index in [0.29, 0.717) is 24.1 Å². The van der Waals surface area contributed by atoms with Crippen LogP contribution in [0.3, 0.4) is 0 Å². The van der Waals surface area contributed by atoms with Gasteiger partial charge < -0.3 is 10.8 Å². The molecule has 2 aromatic heterocycles. The molecule has 0 aliphatic heterocycles. The van der Waals surface area contributed by atoms with Gasteiger partial charge in [-0.05, 0) is 55.6 Å². The van der Waals surface area contributed by atoms with Crippen molar-refractivity contribution < 1.29 is 9.90 Å². The Bertz CT molecular complexity index is 970. The average molecular weight is 364 g/mol. The zero-order valence-electron chi connectivity index (χ0n) is 15.4. The maximum Gasteiger partial charge on any atom is 0.303 e. The average Bonchev–Trinajstić information content (AvgIpc) is 3.04. The Kier molecular flexibility index (Phi) is 4.56. The molecule has 140 valence electrons. The van der Waals surface area contributed by atoms with Crippen LogP contribution in [-0.4, -0.2) is 25.7 Å². The number of rotatable bonds is 4. The van der Waals surface area contributed by atoms with E-state index in [-0.39, 0.29) is 0 Å². The van der Waals surface area contributed by atoms with Gasteiger partial charge in [0.15, 0.2) is 5.65 Å². The summed E-state index contributed by atoms with van der Waals surface area (Å²) < 4.78 is 1.68. The van der Waals surface area contributed by atoms with E-state index >= 15 is 0 Å². The molecular formula is C21H24N4O2. The van der Waals surface area contributed by atoms with Crippen LogP contribution in [0.1, 0.15) is 49.3 Å². The summed E-state index contributed by atoms with van der Waals surface area (Å²) in [5.74, 6) is 0.748. The monoisotopic (exact) mass is 364 g/mol. The van der Waals surface area contributed by atoms with Crippen molar-refractivity contribution in [1.82, 2.24) is 14.6 Å². The fraction of sp³-hybridized carbons (Fsp3) is 0.381. The second-order valence-electron chi connectivity index (χ2n) is 7.55. The number of nitrogens with two attached hydrogens (primary N) is 1. The number of aryl methyl sites for hydroxylation is 1. The molecular weight excluding hydrogens is 340 g/mol. The Labute approximate surface area is 158 Å². The van der Waals surface area contributed by atoms with E-state index in [2.05, 4.69) is 34.3 Å². The van der Waals surface area contributed by atoms with Crippen LogP contribution >= 0.6 is 0 Å². The van der Waals surface area contributed by atoms with E-state index in [1.165, 1.54) is 5.56 Å². The van der Waals surface area contributed by atoms with Gasteiger partial charge in [-0.2, -0.15) is 9.61 Å². The number of hydrogen-bond acceptors (Lipinski definition) is 4. The van der Waals surface area contributed by atoms with Gasteiger partial charge in [0.25, 0.3) is 0 Å². The van der Waals surface area contributed by atoms with Gasteiger partial charge in [0.2, 0.25) is 0 Å². The third-order valence-corrected chi connectivity index (χ3v) is 5.65. The van der Waals surface area contributed by atoms with Crippen molar-refractivity contribution in [3.05, 3.63) is 47.8 Å². The van der Waals surface area contributed by atoms with Crippen molar-refractivity contribution >= 4 is 17.4 Å². The molecule has 1 aliphatic rings. The molecule has 0 spiro atoms. The smallest absolute Gasteiger partial charge is 0.303 e. The number of anilines is 1. The van der Waals surface area contributed by atoms with Crippen LogP contribution in [-0.2, 0) is 4.79 Å². The number of benzene rings is 1. The van der Waals surface area contributed by atoms with Crippen LogP contribution in [0.4, 0.5) is 5.82 Å². The van der Waals surface area contributed by atoms with Gasteiger partial charge in [0.1, 0.15) is 5.82 Å². The number of aromatic nitrogens is 3. The third kappa shape index (κ3) is 3.52. The normalized spacial score (nSPS) is 20.0. The van der Waals surface area contributed by atoms with Crippen LogP contribution in [0.25, 0.3) is 16.8 Å². The first-order valence-electron chi connectivity index (χ1n) is 9.44. The quantitative estimate of drug-likeness (QED) is 0.729. The van der Waals surface area contributed by atoms with E-state index in [1.807, 2.05) is 13.0 Å². The fourth-order valence-corrected chi connectivity index (χ4v) is 4.17. The largest absolute Gasteiger partial charge is 0.481 e. The molecule has 0 radical (unpaired) electrons. The summed E-state index contributed by atoms with van der Waals surface area (Å²) in [6, 6.07) is 10.4. The van der Waals surface area contributed by atoms with E-state index in [9.17, 15) is 4.79 Å². The van der Waals surface area contributed by atoms with Crippen LogP contribution in [0.2, 0.25) is 0 Å². The standard InChI is InChI=1S/C21H24N4O2/c1-13-10-19-23-12-18(21(22)25(19)24-13)17-8-6-16(7-9-17)15-4-2-14(3-5-15)11-20(26)27/h6-10,12,14-15H,2-5,11,22H2,1H3,(H,26,27). The minimum Gasteiger partial charge on any atom is -0.481 e. The molecule has 0 saturated heterocycles. The molecule has 1 saturated carbocycles. The lowest BCUT2D eigenvalue weighted by molar-refractivity contribution is -0.138. The van der Waals surface area contributed by atoms with Crippen LogP contribution in [0, 0.1) is 12.8 Å². The number of nitrogen functional groups attached to an aromatic ring is 1. The molecule has 0 unspecified atom stereocenters. The van der Waals surface area contributed by atoms with Gasteiger partial charge in [-0.15, -0.1) is 0 Å². The number of nitrogens with zero attached hydrogens (tertiary/aromatic N) is 3. The molecule has 0 bridgehead atoms. The summed E-state index contributed by atoms with van der Waals surface area (Å²) in [4.78, 5) is 15.3. The van der Waals surface area contributed by atoms with E-state index in [4.69, 9.17) is 10.8 Å². The summed E-state index contributed by atoms with van der Waals surface area (Å²) >= 11 is 0. The fourth-order valence-electron chi connectivity index (χ4n) is 4.17. The van der Waals surface area contributed by atoms with Crippen LogP contribution in [0.5, 0.6) is 0 Å². The van der Waals surface area contributed by atoms with Crippen molar-refractivity contribution in [2.24, 2.45) is 5.92 Å². The first-order chi connectivity index (χ1) is 13.0. The maximum absolute atomic E-state index is 10.9. The van der Waals surface area contributed by atoms with Gasteiger partial charge in [0.05, 0.1) is 5.69 Å². The molecule has 6 heteroatoms. The second-order valence-corrected chi connectivity index (χ2v) is 7.55. The summed E-state index contributed by atoms with van der Waals surface area (Å²) in [6.45, 7) is 1.92. The first-order valence-corrected chi connectivity index (χ1v) is 9.44. The lowest BCUT2D eigenvalue weighted by Crippen LogP contribution is -2.16. The maximum atomic E-state index is 10.9. The van der Waals surface area contributed by atoms with Gasteiger partial charge in [0, 0.05) is 24.2 Å². The molecule has 1 aromatic carbocycles. The second kappa shape index (κ2) is 7.02. The Balaban J connectivity index is 1.51. The van der Waals surface area contributed by atoms with Crippen molar-refractivity contribution in [2.75, 3.05) is 5.73 Å². The zero-order chi connectivity index (χ0) is 19.0. The highest BCUT2D eigenvalue weighted by Crippen LogP contribution is 2.38. The number of hydrogen-bond donors (Lipinski definition) is 2. The van der Waals surface area contributed by atoms with Crippen molar-refractivity contribution in [2.45, 2.75) is 44.9 Å². The number of fused-ring (bicyclic) bond motifs is 1. The predicted molar refractivity (Wildman–Crippen MR) is 105 cm³/mol. The molecule has 3 aromatic rings. The molecule has 0 amide bonds. The summed E-state index contributed by atoms with van der Waals surface area (Å²) in [5, 5.41) is 13.4. The van der Waals surface area contributed by atoms with Gasteiger partial charge in [-0.25, -0.2) is 4.98 Å². The number of carbonyl (C=O) groups is 1. The summed E-state index contributed by atoms with van der Waals surface area (Å²) in [5.41, 5.74) is 11.2.